The zero-order valence-electron chi connectivity index (χ0n) is 13.7. The Morgan fingerprint density at radius 3 is 3.08 bits per heavy atom. The van der Waals surface area contributed by atoms with E-state index in [1.54, 1.807) is 0 Å². The predicted octanol–water partition coefficient (Wildman–Crippen LogP) is 4.66. The van der Waals surface area contributed by atoms with E-state index in [1.807, 2.05) is 19.3 Å². The lowest BCUT2D eigenvalue weighted by atomic mass is 10.00. The highest BCUT2D eigenvalue weighted by molar-refractivity contribution is 5.98. The summed E-state index contributed by atoms with van der Waals surface area (Å²) in [6.45, 7) is 2.42. The highest BCUT2D eigenvalue weighted by Gasteiger charge is 2.23. The summed E-state index contributed by atoms with van der Waals surface area (Å²) in [5.74, 6) is 6.98. The molecule has 0 atom stereocenters. The minimum Gasteiger partial charge on any atom is -0.359 e. The summed E-state index contributed by atoms with van der Waals surface area (Å²) < 4.78 is 0. The third-order valence-electron chi connectivity index (χ3n) is 4.59. The molecule has 0 radical (unpaired) electrons. The topological polar surface area (TPSA) is 55.8 Å². The van der Waals surface area contributed by atoms with Crippen LogP contribution >= 0.6 is 0 Å². The van der Waals surface area contributed by atoms with Crippen LogP contribution in [0.5, 0.6) is 0 Å². The lowest BCUT2D eigenvalue weighted by Crippen LogP contribution is -2.22. The Morgan fingerprint density at radius 2 is 2.16 bits per heavy atom. The Bertz CT molecular complexity index is 1120. The number of H-pyrrole nitrogens is 1. The van der Waals surface area contributed by atoms with E-state index >= 15 is 0 Å². The van der Waals surface area contributed by atoms with E-state index in [9.17, 15) is 0 Å². The van der Waals surface area contributed by atoms with E-state index in [1.165, 1.54) is 0 Å². The van der Waals surface area contributed by atoms with Crippen LogP contribution in [0.2, 0.25) is 0 Å². The van der Waals surface area contributed by atoms with Gasteiger partial charge in [-0.05, 0) is 24.6 Å². The van der Waals surface area contributed by atoms with Crippen molar-refractivity contribution in [2.45, 2.75) is 6.92 Å². The largest absolute Gasteiger partial charge is 0.359 e. The molecular formula is C20H15N5. The second-order valence-electron chi connectivity index (χ2n) is 6.00. The van der Waals surface area contributed by atoms with Gasteiger partial charge in [0.15, 0.2) is 5.82 Å². The van der Waals surface area contributed by atoms with E-state index in [4.69, 9.17) is 0 Å². The molecule has 3 heterocycles. The maximum atomic E-state index is 4.16. The zero-order valence-corrected chi connectivity index (χ0v) is 13.7. The first-order valence-electron chi connectivity index (χ1n) is 8.14. The number of fused-ring (bicyclic) bond motifs is 4. The van der Waals surface area contributed by atoms with Crippen molar-refractivity contribution in [3.05, 3.63) is 60.2 Å². The van der Waals surface area contributed by atoms with E-state index in [2.05, 4.69) is 73.7 Å². The van der Waals surface area contributed by atoms with Gasteiger partial charge in [-0.2, -0.15) is 5.11 Å². The van der Waals surface area contributed by atoms with Crippen LogP contribution < -0.4 is 10.2 Å². The molecule has 5 heteroatoms. The lowest BCUT2D eigenvalue weighted by Gasteiger charge is -2.25. The molecule has 0 spiro atoms. The van der Waals surface area contributed by atoms with E-state index < -0.39 is 0 Å². The van der Waals surface area contributed by atoms with Crippen LogP contribution in [0.25, 0.3) is 22.0 Å². The fourth-order valence-corrected chi connectivity index (χ4v) is 3.42. The minimum absolute atomic E-state index is 0.562. The molecule has 5 nitrogen and oxygen atoms in total. The number of nitrogens with one attached hydrogen (secondary N) is 2. The molecular weight excluding hydrogens is 310 g/mol. The van der Waals surface area contributed by atoms with Crippen molar-refractivity contribution < 1.29 is 0 Å². The number of anilines is 2. The van der Waals surface area contributed by atoms with Crippen LogP contribution in [0.15, 0.2) is 64.8 Å². The molecule has 120 valence electrons. The molecule has 0 fully saturated rings. The first-order chi connectivity index (χ1) is 12.3. The first kappa shape index (κ1) is 13.9. The first-order valence-corrected chi connectivity index (χ1v) is 8.14. The molecule has 0 saturated carbocycles. The number of aromatic amines is 1. The van der Waals surface area contributed by atoms with Crippen molar-refractivity contribution in [2.24, 2.45) is 10.2 Å². The van der Waals surface area contributed by atoms with Crippen LogP contribution in [0.1, 0.15) is 12.5 Å². The molecule has 5 rings (SSSR count). The number of benzene rings is 2. The minimum atomic E-state index is 0.562. The van der Waals surface area contributed by atoms with Gasteiger partial charge in [-0.25, -0.2) is 0 Å². The Morgan fingerprint density at radius 1 is 1.20 bits per heavy atom. The maximum Gasteiger partial charge on any atom is 0.173 e. The van der Waals surface area contributed by atoms with E-state index in [0.717, 1.165) is 44.8 Å². The van der Waals surface area contributed by atoms with Crippen molar-refractivity contribution in [3.63, 3.8) is 0 Å². The van der Waals surface area contributed by atoms with Crippen molar-refractivity contribution in [1.82, 2.24) is 4.98 Å². The van der Waals surface area contributed by atoms with Crippen LogP contribution in [0, 0.1) is 11.8 Å². The van der Waals surface area contributed by atoms with Crippen molar-refractivity contribution in [2.75, 3.05) is 16.9 Å². The molecule has 1 aromatic heterocycles. The molecule has 0 amide bonds. The van der Waals surface area contributed by atoms with Gasteiger partial charge in [0.05, 0.1) is 16.9 Å². The summed E-state index contributed by atoms with van der Waals surface area (Å²) >= 11 is 0. The smallest absolute Gasteiger partial charge is 0.173 e. The summed E-state index contributed by atoms with van der Waals surface area (Å²) in [4.78, 5) is 5.50. The summed E-state index contributed by atoms with van der Waals surface area (Å²) in [6.07, 6.45) is 3.86. The molecule has 0 unspecified atom stereocenters. The molecule has 25 heavy (non-hydrogen) atoms. The van der Waals surface area contributed by atoms with Crippen molar-refractivity contribution in [1.29, 1.82) is 0 Å². The molecule has 2 N–H and O–H groups in total. The number of hydrogen-bond donors (Lipinski definition) is 2. The van der Waals surface area contributed by atoms with Crippen LogP contribution in [0.4, 0.5) is 11.4 Å². The molecule has 2 aromatic carbocycles. The molecule has 0 bridgehead atoms. The van der Waals surface area contributed by atoms with Gasteiger partial charge in [0, 0.05) is 28.9 Å². The summed E-state index contributed by atoms with van der Waals surface area (Å²) in [7, 11) is 0. The van der Waals surface area contributed by atoms with Crippen molar-refractivity contribution >= 4 is 22.3 Å². The van der Waals surface area contributed by atoms with Crippen molar-refractivity contribution in [3.8, 4) is 23.0 Å². The third kappa shape index (κ3) is 2.05. The maximum absolute atomic E-state index is 4.16. The van der Waals surface area contributed by atoms with E-state index in [0.29, 0.717) is 6.67 Å². The van der Waals surface area contributed by atoms with Crippen LogP contribution in [0.3, 0.4) is 0 Å². The van der Waals surface area contributed by atoms with Gasteiger partial charge in [-0.15, -0.1) is 11.0 Å². The molecule has 0 saturated heterocycles. The Kier molecular flexibility index (Phi) is 2.91. The summed E-state index contributed by atoms with van der Waals surface area (Å²) in [5.41, 5.74) is 6.61. The lowest BCUT2D eigenvalue weighted by molar-refractivity contribution is 0.995. The van der Waals surface area contributed by atoms with Crippen LogP contribution in [-0.4, -0.2) is 11.7 Å². The Labute approximate surface area is 145 Å². The number of rotatable bonds is 1. The molecule has 0 aliphatic carbocycles. The third-order valence-corrected chi connectivity index (χ3v) is 4.59. The van der Waals surface area contributed by atoms with E-state index in [-0.39, 0.29) is 0 Å². The van der Waals surface area contributed by atoms with Gasteiger partial charge in [0.1, 0.15) is 6.67 Å². The standard InChI is InChI=1S/C20H15N5/c1-2-4-14-10-22-20-15(5-3-6-16(14)20)13-7-8-17-18(9-13)25-12-23-24-19(25)11-21-17/h3,5-11,21-22H,12H2,1H3. The average Bonchev–Trinajstić information content (AvgIpc) is 3.29. The quantitative estimate of drug-likeness (QED) is 0.639. The number of para-hydroxylation sites is 1. The van der Waals surface area contributed by atoms with Gasteiger partial charge < -0.3 is 10.3 Å². The van der Waals surface area contributed by atoms with Gasteiger partial charge in [-0.3, -0.25) is 4.90 Å². The second-order valence-corrected chi connectivity index (χ2v) is 6.00. The number of azo groups is 1. The predicted molar refractivity (Wildman–Crippen MR) is 100 cm³/mol. The Balaban J connectivity index is 1.67. The summed E-state index contributed by atoms with van der Waals surface area (Å²) in [6, 6.07) is 12.7. The molecule has 3 aromatic rings. The van der Waals surface area contributed by atoms with Gasteiger partial charge in [0.25, 0.3) is 0 Å². The number of aromatic nitrogens is 1. The van der Waals surface area contributed by atoms with Gasteiger partial charge in [0.2, 0.25) is 0 Å². The fourth-order valence-electron chi connectivity index (χ4n) is 3.42. The van der Waals surface area contributed by atoms with Gasteiger partial charge >= 0.3 is 0 Å². The normalized spacial score (nSPS) is 14.4. The zero-order chi connectivity index (χ0) is 16.8. The number of hydrogen-bond acceptors (Lipinski definition) is 4. The van der Waals surface area contributed by atoms with Gasteiger partial charge in [-0.1, -0.05) is 30.2 Å². The highest BCUT2D eigenvalue weighted by Crippen LogP contribution is 2.39. The fraction of sp³-hybridized carbons (Fsp3) is 0.100. The molecule has 2 aliphatic heterocycles. The summed E-state index contributed by atoms with van der Waals surface area (Å²) in [5, 5.41) is 12.7. The van der Waals surface area contributed by atoms with Crippen LogP contribution in [-0.2, 0) is 0 Å². The monoisotopic (exact) mass is 325 g/mol. The number of nitrogens with zero attached hydrogens (tertiary/aromatic N) is 3. The second kappa shape index (κ2) is 5.25. The average molecular weight is 325 g/mol. The molecule has 2 aliphatic rings. The highest BCUT2D eigenvalue weighted by atomic mass is 15.4. The Hall–Kier alpha value is -3.52. The SMILES string of the molecule is CC#Cc1c[nH]c2c(-c3ccc4c(c3)N3CN=NC3=CN4)cccc12.